The zero-order chi connectivity index (χ0) is 15.0. The van der Waals surface area contributed by atoms with Crippen molar-refractivity contribution in [3.05, 3.63) is 54.0 Å². The Morgan fingerprint density at radius 3 is 2.38 bits per heavy atom. The van der Waals surface area contributed by atoms with Crippen LogP contribution in [0.2, 0.25) is 0 Å². The molecule has 2 heterocycles. The van der Waals surface area contributed by atoms with Crippen molar-refractivity contribution < 1.29 is 0 Å². The molecule has 3 heteroatoms. The van der Waals surface area contributed by atoms with Gasteiger partial charge in [-0.2, -0.15) is 0 Å². The van der Waals surface area contributed by atoms with Gasteiger partial charge in [0, 0.05) is 12.1 Å². The average Bonchev–Trinajstić information content (AvgIpc) is 2.86. The number of fused-ring (bicyclic) bond motifs is 1. The van der Waals surface area contributed by atoms with Gasteiger partial charge in [-0.25, -0.2) is 9.97 Å². The van der Waals surface area contributed by atoms with Gasteiger partial charge >= 0.3 is 0 Å². The molecule has 0 radical (unpaired) electrons. The van der Waals surface area contributed by atoms with Crippen LogP contribution >= 0.6 is 0 Å². The Kier molecular flexibility index (Phi) is 3.50. The molecule has 0 unspecified atom stereocenters. The molecule has 0 aliphatic rings. The van der Waals surface area contributed by atoms with Gasteiger partial charge in [-0.1, -0.05) is 45.9 Å². The fraction of sp³-hybridized carbons (Fsp3) is 0.333. The van der Waals surface area contributed by atoms with Crippen LogP contribution in [-0.2, 0) is 0 Å². The highest BCUT2D eigenvalue weighted by molar-refractivity contribution is 5.78. The standard InChI is InChI=1S/C18H21N3/c1-12(2)14-8-7-11-19-18(14)21-16-10-6-5-9-15(16)20-17(21)13(3)4/h5-13H,1-4H3. The fourth-order valence-corrected chi connectivity index (χ4v) is 2.70. The second-order valence-electron chi connectivity index (χ2n) is 6.02. The zero-order valence-electron chi connectivity index (χ0n) is 13.0. The minimum atomic E-state index is 0.347. The monoisotopic (exact) mass is 279 g/mol. The molecule has 3 rings (SSSR count). The molecule has 3 nitrogen and oxygen atoms in total. The normalized spacial score (nSPS) is 11.7. The van der Waals surface area contributed by atoms with Crippen molar-refractivity contribution in [3.8, 4) is 5.82 Å². The quantitative estimate of drug-likeness (QED) is 0.697. The van der Waals surface area contributed by atoms with E-state index >= 15 is 0 Å². The van der Waals surface area contributed by atoms with Crippen molar-refractivity contribution in [2.75, 3.05) is 0 Å². The van der Waals surface area contributed by atoms with Crippen LogP contribution in [0.4, 0.5) is 0 Å². The molecule has 1 aromatic carbocycles. The summed E-state index contributed by atoms with van der Waals surface area (Å²) in [6, 6.07) is 12.4. The fourth-order valence-electron chi connectivity index (χ4n) is 2.70. The van der Waals surface area contributed by atoms with Gasteiger partial charge in [0.15, 0.2) is 0 Å². The summed E-state index contributed by atoms with van der Waals surface area (Å²) in [5.41, 5.74) is 3.41. The van der Waals surface area contributed by atoms with E-state index in [1.54, 1.807) is 0 Å². The predicted molar refractivity (Wildman–Crippen MR) is 87.0 cm³/mol. The molecule has 0 aliphatic heterocycles. The van der Waals surface area contributed by atoms with Crippen molar-refractivity contribution in [1.29, 1.82) is 0 Å². The highest BCUT2D eigenvalue weighted by atomic mass is 15.1. The third kappa shape index (κ3) is 2.33. The van der Waals surface area contributed by atoms with Gasteiger partial charge in [0.2, 0.25) is 0 Å². The number of para-hydroxylation sites is 2. The van der Waals surface area contributed by atoms with Crippen LogP contribution < -0.4 is 0 Å². The topological polar surface area (TPSA) is 30.7 Å². The van der Waals surface area contributed by atoms with Crippen molar-refractivity contribution in [2.24, 2.45) is 0 Å². The highest BCUT2D eigenvalue weighted by Crippen LogP contribution is 2.29. The number of nitrogens with zero attached hydrogens (tertiary/aromatic N) is 3. The predicted octanol–water partition coefficient (Wildman–Crippen LogP) is 4.67. The third-order valence-electron chi connectivity index (χ3n) is 3.75. The number of benzene rings is 1. The molecule has 21 heavy (non-hydrogen) atoms. The van der Waals surface area contributed by atoms with E-state index in [-0.39, 0.29) is 0 Å². The molecule has 0 N–H and O–H groups in total. The average molecular weight is 279 g/mol. The molecule has 0 saturated carbocycles. The van der Waals surface area contributed by atoms with Crippen LogP contribution in [0.3, 0.4) is 0 Å². The molecular formula is C18H21N3. The van der Waals surface area contributed by atoms with Gasteiger partial charge < -0.3 is 0 Å². The minimum absolute atomic E-state index is 0.347. The van der Waals surface area contributed by atoms with E-state index in [0.29, 0.717) is 11.8 Å². The lowest BCUT2D eigenvalue weighted by Crippen LogP contribution is -2.08. The first-order chi connectivity index (χ1) is 10.1. The van der Waals surface area contributed by atoms with Gasteiger partial charge in [0.25, 0.3) is 0 Å². The summed E-state index contributed by atoms with van der Waals surface area (Å²) in [7, 11) is 0. The summed E-state index contributed by atoms with van der Waals surface area (Å²) in [4.78, 5) is 9.47. The number of imidazole rings is 1. The summed E-state index contributed by atoms with van der Waals surface area (Å²) in [6.45, 7) is 8.76. The summed E-state index contributed by atoms with van der Waals surface area (Å²) in [5.74, 6) is 2.84. The van der Waals surface area contributed by atoms with Gasteiger partial charge in [-0.15, -0.1) is 0 Å². The molecule has 3 aromatic rings. The van der Waals surface area contributed by atoms with E-state index < -0.39 is 0 Å². The van der Waals surface area contributed by atoms with E-state index in [2.05, 4.69) is 61.5 Å². The first-order valence-electron chi connectivity index (χ1n) is 7.52. The van der Waals surface area contributed by atoms with Crippen molar-refractivity contribution in [3.63, 3.8) is 0 Å². The molecule has 0 bridgehead atoms. The van der Waals surface area contributed by atoms with E-state index in [1.165, 1.54) is 5.56 Å². The van der Waals surface area contributed by atoms with Crippen LogP contribution in [0, 0.1) is 0 Å². The van der Waals surface area contributed by atoms with Crippen molar-refractivity contribution >= 4 is 11.0 Å². The lowest BCUT2D eigenvalue weighted by molar-refractivity contribution is 0.739. The maximum atomic E-state index is 4.81. The van der Waals surface area contributed by atoms with Crippen molar-refractivity contribution in [1.82, 2.24) is 14.5 Å². The van der Waals surface area contributed by atoms with Crippen molar-refractivity contribution in [2.45, 2.75) is 39.5 Å². The highest BCUT2D eigenvalue weighted by Gasteiger charge is 2.18. The van der Waals surface area contributed by atoms with E-state index in [4.69, 9.17) is 4.98 Å². The Hall–Kier alpha value is -2.16. The summed E-state index contributed by atoms with van der Waals surface area (Å²) >= 11 is 0. The van der Waals surface area contributed by atoms with Gasteiger partial charge in [0.05, 0.1) is 11.0 Å². The Balaban J connectivity index is 2.36. The maximum Gasteiger partial charge on any atom is 0.142 e. The smallest absolute Gasteiger partial charge is 0.142 e. The number of hydrogen-bond acceptors (Lipinski definition) is 2. The molecule has 0 amide bonds. The molecule has 0 spiro atoms. The summed E-state index contributed by atoms with van der Waals surface area (Å²) in [6.07, 6.45) is 1.86. The van der Waals surface area contributed by atoms with Crippen LogP contribution in [0.5, 0.6) is 0 Å². The lowest BCUT2D eigenvalue weighted by atomic mass is 10.0. The van der Waals surface area contributed by atoms with E-state index in [9.17, 15) is 0 Å². The Labute approximate surface area is 125 Å². The third-order valence-corrected chi connectivity index (χ3v) is 3.75. The van der Waals surface area contributed by atoms with E-state index in [0.717, 1.165) is 22.7 Å². The molecular weight excluding hydrogens is 258 g/mol. The number of pyridine rings is 1. The molecule has 108 valence electrons. The maximum absolute atomic E-state index is 4.81. The molecule has 2 aromatic heterocycles. The number of aromatic nitrogens is 3. The van der Waals surface area contributed by atoms with Gasteiger partial charge in [-0.05, 0) is 29.7 Å². The second kappa shape index (κ2) is 5.32. The van der Waals surface area contributed by atoms with Crippen LogP contribution in [0.25, 0.3) is 16.9 Å². The number of hydrogen-bond donors (Lipinski definition) is 0. The summed E-state index contributed by atoms with van der Waals surface area (Å²) < 4.78 is 2.22. The first-order valence-corrected chi connectivity index (χ1v) is 7.52. The Morgan fingerprint density at radius 1 is 0.905 bits per heavy atom. The van der Waals surface area contributed by atoms with Gasteiger partial charge in [0.1, 0.15) is 11.6 Å². The van der Waals surface area contributed by atoms with Crippen LogP contribution in [-0.4, -0.2) is 14.5 Å². The SMILES string of the molecule is CC(C)c1cccnc1-n1c(C(C)C)nc2ccccc21. The zero-order valence-corrected chi connectivity index (χ0v) is 13.0. The van der Waals surface area contributed by atoms with Crippen LogP contribution in [0.1, 0.15) is 50.9 Å². The largest absolute Gasteiger partial charge is 0.280 e. The molecule has 0 atom stereocenters. The van der Waals surface area contributed by atoms with E-state index in [1.807, 2.05) is 18.3 Å². The van der Waals surface area contributed by atoms with Crippen LogP contribution in [0.15, 0.2) is 42.6 Å². The Bertz CT molecular complexity index is 769. The second-order valence-corrected chi connectivity index (χ2v) is 6.02. The Morgan fingerprint density at radius 2 is 1.67 bits per heavy atom. The number of rotatable bonds is 3. The molecule has 0 fully saturated rings. The molecule has 0 aliphatic carbocycles. The summed E-state index contributed by atoms with van der Waals surface area (Å²) in [5, 5.41) is 0. The van der Waals surface area contributed by atoms with Gasteiger partial charge in [-0.3, -0.25) is 4.57 Å². The molecule has 0 saturated heterocycles. The minimum Gasteiger partial charge on any atom is -0.280 e. The lowest BCUT2D eigenvalue weighted by Gasteiger charge is -2.16. The first kappa shape index (κ1) is 13.8.